The number of ether oxygens (including phenoxy) is 1. The van der Waals surface area contributed by atoms with E-state index in [2.05, 4.69) is 21.7 Å². The zero-order valence-electron chi connectivity index (χ0n) is 20.8. The molecule has 0 amide bonds. The number of carbonyl (C=O) groups is 1. The Bertz CT molecular complexity index is 973. The van der Waals surface area contributed by atoms with E-state index < -0.39 is 26.4 Å². The Balaban J connectivity index is 2.17. The standard InChI is InChI=1S/C24H36N3O7P/c1-17(22(15-28)23(29)18(2)25-4)16-32-35(31,34-21-9-7-6-8-10-21)26-19(3)24(30)33-20-11-13-27(5)14-12-20/h6-10,19-20,28-29H,4,11-16H2,1-3,5H3,(H,26,31)/b22-17+,23-18+/t19-,35?/m0/s1. The van der Waals surface area contributed by atoms with Crippen LogP contribution in [0, 0.1) is 0 Å². The number of benzene rings is 1. The first kappa shape index (κ1) is 28.7. The van der Waals surface area contributed by atoms with Gasteiger partial charge in [-0.3, -0.25) is 14.3 Å². The number of nitrogens with zero attached hydrogens (tertiary/aromatic N) is 2. The third-order valence-corrected chi connectivity index (χ3v) is 7.24. The van der Waals surface area contributed by atoms with Gasteiger partial charge in [0.05, 0.1) is 18.9 Å². The van der Waals surface area contributed by atoms with Crippen molar-refractivity contribution in [1.29, 1.82) is 0 Å². The Kier molecular flexibility index (Phi) is 11.1. The van der Waals surface area contributed by atoms with Crippen molar-refractivity contribution in [1.82, 2.24) is 9.99 Å². The summed E-state index contributed by atoms with van der Waals surface area (Å²) in [6.07, 6.45) is 1.26. The van der Waals surface area contributed by atoms with E-state index in [1.54, 1.807) is 37.3 Å². The van der Waals surface area contributed by atoms with Crippen LogP contribution in [0.25, 0.3) is 0 Å². The highest BCUT2D eigenvalue weighted by molar-refractivity contribution is 7.52. The zero-order valence-corrected chi connectivity index (χ0v) is 21.7. The highest BCUT2D eigenvalue weighted by Crippen LogP contribution is 2.45. The Morgan fingerprint density at radius 1 is 1.29 bits per heavy atom. The van der Waals surface area contributed by atoms with Gasteiger partial charge in [-0.2, -0.15) is 5.09 Å². The van der Waals surface area contributed by atoms with Crippen molar-refractivity contribution in [3.8, 4) is 5.75 Å². The minimum atomic E-state index is -4.09. The number of nitrogens with one attached hydrogen (secondary N) is 1. The van der Waals surface area contributed by atoms with Crippen molar-refractivity contribution in [2.75, 3.05) is 33.4 Å². The molecule has 1 fully saturated rings. The van der Waals surface area contributed by atoms with E-state index in [1.807, 2.05) is 7.05 Å². The Morgan fingerprint density at radius 3 is 2.49 bits per heavy atom. The van der Waals surface area contributed by atoms with Crippen LogP contribution in [0.4, 0.5) is 0 Å². The van der Waals surface area contributed by atoms with Crippen molar-refractivity contribution in [2.45, 2.75) is 45.8 Å². The zero-order chi connectivity index (χ0) is 26.0. The summed E-state index contributed by atoms with van der Waals surface area (Å²) in [5.41, 5.74) is 0.782. The molecule has 10 nitrogen and oxygen atoms in total. The molecule has 0 aromatic heterocycles. The SMILES string of the molecule is C=N/C(C)=C(O)\C(CO)=C(/C)COP(=O)(N[C@@H](C)C(=O)OC1CCN(C)CC1)Oc1ccccc1. The van der Waals surface area contributed by atoms with E-state index in [0.29, 0.717) is 5.57 Å². The fraction of sp³-hybridized carbons (Fsp3) is 0.500. The van der Waals surface area contributed by atoms with Gasteiger partial charge < -0.3 is 24.4 Å². The molecule has 1 aliphatic rings. The molecule has 0 aliphatic carbocycles. The third kappa shape index (κ3) is 8.91. The van der Waals surface area contributed by atoms with Crippen LogP contribution in [-0.2, 0) is 18.6 Å². The van der Waals surface area contributed by atoms with Gasteiger partial charge >= 0.3 is 13.7 Å². The van der Waals surface area contributed by atoms with Crippen LogP contribution >= 0.6 is 7.75 Å². The monoisotopic (exact) mass is 509 g/mol. The van der Waals surface area contributed by atoms with Crippen LogP contribution in [0.1, 0.15) is 33.6 Å². The molecule has 1 saturated heterocycles. The second kappa shape index (κ2) is 13.6. The number of aliphatic imine (C=N–C) groups is 1. The highest BCUT2D eigenvalue weighted by Gasteiger charge is 2.34. The quantitative estimate of drug-likeness (QED) is 0.127. The normalized spacial score (nSPS) is 19.1. The second-order valence-corrected chi connectivity index (χ2v) is 10.2. The summed E-state index contributed by atoms with van der Waals surface area (Å²) in [4.78, 5) is 18.5. The summed E-state index contributed by atoms with van der Waals surface area (Å²) >= 11 is 0. The van der Waals surface area contributed by atoms with E-state index in [9.17, 15) is 19.6 Å². The number of esters is 1. The topological polar surface area (TPSA) is 130 Å². The average Bonchev–Trinajstić information content (AvgIpc) is 2.84. The van der Waals surface area contributed by atoms with Gasteiger partial charge in [0.25, 0.3) is 0 Å². The molecule has 194 valence electrons. The third-order valence-electron chi connectivity index (χ3n) is 5.61. The van der Waals surface area contributed by atoms with Crippen molar-refractivity contribution < 1.29 is 33.4 Å². The summed E-state index contributed by atoms with van der Waals surface area (Å²) in [5, 5.41) is 22.7. The summed E-state index contributed by atoms with van der Waals surface area (Å²) in [7, 11) is -2.07. The first-order valence-electron chi connectivity index (χ1n) is 11.4. The Labute approximate surface area is 206 Å². The van der Waals surface area contributed by atoms with E-state index in [0.717, 1.165) is 25.9 Å². The number of aliphatic hydroxyl groups excluding tert-OH is 2. The molecule has 1 aliphatic heterocycles. The van der Waals surface area contributed by atoms with Gasteiger partial charge in [-0.25, -0.2) is 4.57 Å². The fourth-order valence-electron chi connectivity index (χ4n) is 3.34. The fourth-order valence-corrected chi connectivity index (χ4v) is 4.87. The molecule has 1 aromatic carbocycles. The molecular formula is C24H36N3O7P. The number of aliphatic hydroxyl groups is 2. The molecule has 1 aromatic rings. The van der Waals surface area contributed by atoms with E-state index in [-0.39, 0.29) is 35.5 Å². The predicted octanol–water partition coefficient (Wildman–Crippen LogP) is 3.60. The Morgan fingerprint density at radius 2 is 1.91 bits per heavy atom. The van der Waals surface area contributed by atoms with Crippen molar-refractivity contribution in [3.05, 3.63) is 52.9 Å². The lowest BCUT2D eigenvalue weighted by atomic mass is 10.1. The first-order valence-corrected chi connectivity index (χ1v) is 12.9. The van der Waals surface area contributed by atoms with Gasteiger partial charge in [-0.05, 0) is 65.1 Å². The number of piperidine rings is 1. The summed E-state index contributed by atoms with van der Waals surface area (Å²) < 4.78 is 30.5. The smallest absolute Gasteiger partial charge is 0.459 e. The lowest BCUT2D eigenvalue weighted by molar-refractivity contribution is -0.152. The van der Waals surface area contributed by atoms with E-state index in [4.69, 9.17) is 13.8 Å². The second-order valence-electron chi connectivity index (χ2n) is 8.47. The van der Waals surface area contributed by atoms with Gasteiger partial charge in [0.15, 0.2) is 0 Å². The predicted molar refractivity (Wildman–Crippen MR) is 135 cm³/mol. The van der Waals surface area contributed by atoms with Crippen LogP contribution in [0.2, 0.25) is 0 Å². The molecule has 0 spiro atoms. The summed E-state index contributed by atoms with van der Waals surface area (Å²) in [5.74, 6) is -0.528. The maximum Gasteiger partial charge on any atom is 0.459 e. The molecule has 2 atom stereocenters. The van der Waals surface area contributed by atoms with Crippen molar-refractivity contribution in [2.24, 2.45) is 4.99 Å². The van der Waals surface area contributed by atoms with Gasteiger partial charge in [0.2, 0.25) is 0 Å². The van der Waals surface area contributed by atoms with Gasteiger partial charge in [-0.15, -0.1) is 0 Å². The largest absolute Gasteiger partial charge is 0.506 e. The maximum absolute atomic E-state index is 13.6. The van der Waals surface area contributed by atoms with Crippen LogP contribution in [-0.4, -0.2) is 73.3 Å². The maximum atomic E-state index is 13.6. The van der Waals surface area contributed by atoms with Gasteiger partial charge in [0, 0.05) is 18.7 Å². The molecule has 1 heterocycles. The van der Waals surface area contributed by atoms with E-state index in [1.165, 1.54) is 13.8 Å². The van der Waals surface area contributed by atoms with Crippen LogP contribution in [0.15, 0.2) is 57.9 Å². The minimum Gasteiger partial charge on any atom is -0.506 e. The average molecular weight is 510 g/mol. The van der Waals surface area contributed by atoms with Crippen LogP contribution in [0.5, 0.6) is 5.75 Å². The lowest BCUT2D eigenvalue weighted by Gasteiger charge is -2.30. The molecule has 0 saturated carbocycles. The number of likely N-dealkylation sites (tertiary alicyclic amines) is 1. The van der Waals surface area contributed by atoms with Gasteiger partial charge in [-0.1, -0.05) is 18.2 Å². The number of hydrogen-bond acceptors (Lipinski definition) is 9. The number of hydrogen-bond donors (Lipinski definition) is 3. The molecule has 2 rings (SSSR count). The molecule has 0 radical (unpaired) electrons. The minimum absolute atomic E-state index is 0.163. The lowest BCUT2D eigenvalue weighted by Crippen LogP contribution is -2.40. The van der Waals surface area contributed by atoms with Crippen molar-refractivity contribution >= 4 is 20.4 Å². The Hall–Kier alpha value is -2.49. The molecule has 1 unspecified atom stereocenters. The van der Waals surface area contributed by atoms with Crippen molar-refractivity contribution in [3.63, 3.8) is 0 Å². The molecule has 3 N–H and O–H groups in total. The highest BCUT2D eigenvalue weighted by atomic mass is 31.2. The first-order chi connectivity index (χ1) is 16.6. The summed E-state index contributed by atoms with van der Waals surface area (Å²) in [6, 6.07) is 7.43. The molecular weight excluding hydrogens is 473 g/mol. The number of para-hydroxylation sites is 1. The molecule has 35 heavy (non-hydrogen) atoms. The number of rotatable bonds is 12. The van der Waals surface area contributed by atoms with Gasteiger partial charge in [0.1, 0.15) is 23.7 Å². The number of carbonyl (C=O) groups excluding carboxylic acids is 1. The van der Waals surface area contributed by atoms with E-state index >= 15 is 0 Å². The molecule has 11 heteroatoms. The molecule has 0 bridgehead atoms. The summed E-state index contributed by atoms with van der Waals surface area (Å²) in [6.45, 7) is 8.93. The number of allylic oxidation sites excluding steroid dienone is 1. The van der Waals surface area contributed by atoms with Crippen LogP contribution < -0.4 is 9.61 Å². The van der Waals surface area contributed by atoms with Crippen LogP contribution in [0.3, 0.4) is 0 Å².